The number of benzene rings is 1. The molecule has 0 spiro atoms. The van der Waals surface area contributed by atoms with Crippen molar-refractivity contribution in [3.05, 3.63) is 50.9 Å². The number of nitrogens with two attached hydrogens (primary N) is 1. The highest BCUT2D eigenvalue weighted by molar-refractivity contribution is 7.10. The molecular formula is C14H15ClFNOS. The van der Waals surface area contributed by atoms with E-state index in [1.807, 2.05) is 25.3 Å². The minimum Gasteiger partial charge on any atom is -0.480 e. The Kier molecular flexibility index (Phi) is 4.45. The average molecular weight is 300 g/mol. The Labute approximate surface area is 121 Å². The molecule has 2 N–H and O–H groups in total. The average Bonchev–Trinajstić information content (AvgIpc) is 2.77. The Morgan fingerprint density at radius 1 is 1.37 bits per heavy atom. The van der Waals surface area contributed by atoms with Crippen molar-refractivity contribution in [2.75, 3.05) is 0 Å². The molecule has 2 unspecified atom stereocenters. The summed E-state index contributed by atoms with van der Waals surface area (Å²) >= 11 is 7.30. The Morgan fingerprint density at radius 3 is 2.68 bits per heavy atom. The predicted octanol–water partition coefficient (Wildman–Crippen LogP) is 4.32. The van der Waals surface area contributed by atoms with Gasteiger partial charge in [0.1, 0.15) is 6.10 Å². The molecule has 0 fully saturated rings. The normalized spacial score (nSPS) is 14.2. The number of hydrogen-bond acceptors (Lipinski definition) is 3. The lowest BCUT2D eigenvalue weighted by Crippen LogP contribution is -2.29. The number of halogens is 2. The van der Waals surface area contributed by atoms with Crippen molar-refractivity contribution < 1.29 is 9.13 Å². The number of rotatable bonds is 4. The van der Waals surface area contributed by atoms with Gasteiger partial charge in [-0.2, -0.15) is 0 Å². The molecule has 102 valence electrons. The molecule has 0 radical (unpaired) electrons. The maximum Gasteiger partial charge on any atom is 0.183 e. The summed E-state index contributed by atoms with van der Waals surface area (Å²) in [6, 6.07) is 6.43. The van der Waals surface area contributed by atoms with Crippen LogP contribution in [0.15, 0.2) is 29.6 Å². The molecule has 0 aliphatic heterocycles. The van der Waals surface area contributed by atoms with Crippen molar-refractivity contribution in [3.8, 4) is 5.75 Å². The summed E-state index contributed by atoms with van der Waals surface area (Å²) in [5.41, 5.74) is 7.05. The lowest BCUT2D eigenvalue weighted by molar-refractivity contribution is 0.175. The lowest BCUT2D eigenvalue weighted by atomic mass is 10.1. The molecular weight excluding hydrogens is 285 g/mol. The van der Waals surface area contributed by atoms with Gasteiger partial charge in [-0.05, 0) is 43.0 Å². The Hall–Kier alpha value is -1.10. The zero-order valence-corrected chi connectivity index (χ0v) is 12.3. The number of aryl methyl sites for hydroxylation is 1. The SMILES string of the molecule is Cc1ccsc1C(Oc1cccc(Cl)c1F)C(C)N. The minimum atomic E-state index is -0.552. The van der Waals surface area contributed by atoms with E-state index in [4.69, 9.17) is 22.1 Å². The van der Waals surface area contributed by atoms with Crippen LogP contribution in [0.4, 0.5) is 4.39 Å². The van der Waals surface area contributed by atoms with E-state index >= 15 is 0 Å². The van der Waals surface area contributed by atoms with Gasteiger partial charge in [0.15, 0.2) is 11.6 Å². The smallest absolute Gasteiger partial charge is 0.183 e. The van der Waals surface area contributed by atoms with Gasteiger partial charge in [-0.15, -0.1) is 11.3 Å². The van der Waals surface area contributed by atoms with Gasteiger partial charge in [-0.3, -0.25) is 0 Å². The number of thiophene rings is 1. The monoisotopic (exact) mass is 299 g/mol. The van der Waals surface area contributed by atoms with Gasteiger partial charge in [0.2, 0.25) is 0 Å². The molecule has 1 heterocycles. The van der Waals surface area contributed by atoms with Crippen molar-refractivity contribution >= 4 is 22.9 Å². The number of ether oxygens (including phenoxy) is 1. The Bertz CT molecular complexity index is 570. The molecule has 1 aromatic heterocycles. The summed E-state index contributed by atoms with van der Waals surface area (Å²) in [6.45, 7) is 3.82. The predicted molar refractivity (Wildman–Crippen MR) is 77.5 cm³/mol. The summed E-state index contributed by atoms with van der Waals surface area (Å²) < 4.78 is 19.6. The third kappa shape index (κ3) is 3.08. The summed E-state index contributed by atoms with van der Waals surface area (Å²) in [5.74, 6) is -0.424. The van der Waals surface area contributed by atoms with Crippen LogP contribution in [0.5, 0.6) is 5.75 Å². The van der Waals surface area contributed by atoms with Gasteiger partial charge >= 0.3 is 0 Å². The molecule has 5 heteroatoms. The fraction of sp³-hybridized carbons (Fsp3) is 0.286. The van der Waals surface area contributed by atoms with Crippen LogP contribution >= 0.6 is 22.9 Å². The zero-order chi connectivity index (χ0) is 14.0. The molecule has 2 aromatic rings. The molecule has 0 aliphatic rings. The lowest BCUT2D eigenvalue weighted by Gasteiger charge is -2.22. The van der Waals surface area contributed by atoms with Crippen LogP contribution in [-0.4, -0.2) is 6.04 Å². The maximum atomic E-state index is 13.9. The molecule has 0 saturated carbocycles. The van der Waals surface area contributed by atoms with E-state index in [2.05, 4.69) is 0 Å². The minimum absolute atomic E-state index is 0.0452. The van der Waals surface area contributed by atoms with E-state index in [1.165, 1.54) is 6.07 Å². The van der Waals surface area contributed by atoms with Crippen LogP contribution in [0.2, 0.25) is 5.02 Å². The van der Waals surface area contributed by atoms with Crippen LogP contribution in [0.3, 0.4) is 0 Å². The van der Waals surface area contributed by atoms with Crippen molar-refractivity contribution in [1.29, 1.82) is 0 Å². The van der Waals surface area contributed by atoms with Crippen molar-refractivity contribution in [3.63, 3.8) is 0 Å². The first-order valence-electron chi connectivity index (χ1n) is 5.91. The van der Waals surface area contributed by atoms with Gasteiger partial charge in [0.25, 0.3) is 0 Å². The van der Waals surface area contributed by atoms with E-state index in [1.54, 1.807) is 23.5 Å². The standard InChI is InChI=1S/C14H15ClFNOS/c1-8-6-7-19-14(8)13(9(2)17)18-11-5-3-4-10(15)12(11)16/h3-7,9,13H,17H2,1-2H3. The van der Waals surface area contributed by atoms with E-state index in [0.717, 1.165) is 10.4 Å². The van der Waals surface area contributed by atoms with Crippen LogP contribution in [0, 0.1) is 12.7 Å². The molecule has 0 saturated heterocycles. The summed E-state index contributed by atoms with van der Waals surface area (Å²) in [7, 11) is 0. The van der Waals surface area contributed by atoms with E-state index in [9.17, 15) is 4.39 Å². The highest BCUT2D eigenvalue weighted by atomic mass is 35.5. The second kappa shape index (κ2) is 5.90. The van der Waals surface area contributed by atoms with Crippen LogP contribution in [-0.2, 0) is 0 Å². The van der Waals surface area contributed by atoms with Gasteiger partial charge in [-0.25, -0.2) is 4.39 Å². The molecule has 19 heavy (non-hydrogen) atoms. The fourth-order valence-corrected chi connectivity index (χ4v) is 3.02. The first-order valence-corrected chi connectivity index (χ1v) is 7.16. The first-order chi connectivity index (χ1) is 9.00. The third-order valence-corrected chi connectivity index (χ3v) is 4.18. The zero-order valence-electron chi connectivity index (χ0n) is 10.7. The third-order valence-electron chi connectivity index (χ3n) is 2.81. The topological polar surface area (TPSA) is 35.2 Å². The molecule has 2 atom stereocenters. The first kappa shape index (κ1) is 14.3. The Balaban J connectivity index is 2.32. The van der Waals surface area contributed by atoms with Crippen molar-refractivity contribution in [2.45, 2.75) is 26.0 Å². The highest BCUT2D eigenvalue weighted by Gasteiger charge is 2.23. The summed E-state index contributed by atoms with van der Waals surface area (Å²) in [4.78, 5) is 1.01. The molecule has 0 aliphatic carbocycles. The van der Waals surface area contributed by atoms with E-state index in [0.29, 0.717) is 0 Å². The van der Waals surface area contributed by atoms with Crippen LogP contribution in [0.25, 0.3) is 0 Å². The highest BCUT2D eigenvalue weighted by Crippen LogP contribution is 2.33. The van der Waals surface area contributed by atoms with Gasteiger partial charge in [-0.1, -0.05) is 17.7 Å². The van der Waals surface area contributed by atoms with Gasteiger partial charge in [0.05, 0.1) is 5.02 Å². The molecule has 1 aromatic carbocycles. The second-order valence-electron chi connectivity index (χ2n) is 4.42. The van der Waals surface area contributed by atoms with Crippen LogP contribution in [0.1, 0.15) is 23.5 Å². The van der Waals surface area contributed by atoms with Gasteiger partial charge < -0.3 is 10.5 Å². The van der Waals surface area contributed by atoms with E-state index < -0.39 is 5.82 Å². The van der Waals surface area contributed by atoms with Crippen molar-refractivity contribution in [2.24, 2.45) is 5.73 Å². The largest absolute Gasteiger partial charge is 0.480 e. The molecule has 2 rings (SSSR count). The van der Waals surface area contributed by atoms with E-state index in [-0.39, 0.29) is 22.9 Å². The summed E-state index contributed by atoms with van der Waals surface area (Å²) in [5, 5.41) is 2.02. The van der Waals surface area contributed by atoms with Crippen molar-refractivity contribution in [1.82, 2.24) is 0 Å². The second-order valence-corrected chi connectivity index (χ2v) is 5.77. The fourth-order valence-electron chi connectivity index (χ4n) is 1.79. The maximum absolute atomic E-state index is 13.9. The molecule has 2 nitrogen and oxygen atoms in total. The molecule has 0 amide bonds. The molecule has 0 bridgehead atoms. The summed E-state index contributed by atoms with van der Waals surface area (Å²) in [6.07, 6.45) is -0.382. The quantitative estimate of drug-likeness (QED) is 0.912. The Morgan fingerprint density at radius 2 is 2.11 bits per heavy atom. The van der Waals surface area contributed by atoms with Gasteiger partial charge in [0, 0.05) is 10.9 Å². The number of hydrogen-bond donors (Lipinski definition) is 1. The van der Waals surface area contributed by atoms with Crippen LogP contribution < -0.4 is 10.5 Å².